The number of hydrogen-bond acceptors (Lipinski definition) is 6. The molecule has 16 heavy (non-hydrogen) atoms. The molecule has 0 spiro atoms. The molecule has 2 heterocycles. The molecule has 0 unspecified atom stereocenters. The molecule has 5 nitrogen and oxygen atoms in total. The van der Waals surface area contributed by atoms with Crippen LogP contribution >= 0.6 is 11.5 Å². The van der Waals surface area contributed by atoms with Crippen molar-refractivity contribution in [3.63, 3.8) is 0 Å². The summed E-state index contributed by atoms with van der Waals surface area (Å²) in [4.78, 5) is 3.99. The number of nitrogens with zero attached hydrogens (tertiary/aromatic N) is 3. The van der Waals surface area contributed by atoms with Crippen molar-refractivity contribution in [2.24, 2.45) is 0 Å². The summed E-state index contributed by atoms with van der Waals surface area (Å²) in [5.41, 5.74) is 11.0. The maximum Gasteiger partial charge on any atom is 0.147 e. The van der Waals surface area contributed by atoms with Gasteiger partial charge in [-0.25, -0.2) is 5.01 Å². The van der Waals surface area contributed by atoms with Crippen molar-refractivity contribution in [2.45, 2.75) is 0 Å². The molecule has 2 aromatic heterocycles. The lowest BCUT2D eigenvalue weighted by molar-refractivity contribution is 0.497. The monoisotopic (exact) mass is 235 g/mol. The van der Waals surface area contributed by atoms with Gasteiger partial charge in [-0.15, -0.1) is 0 Å². The fourth-order valence-corrected chi connectivity index (χ4v) is 2.20. The highest BCUT2D eigenvalue weighted by Gasteiger charge is 2.13. The van der Waals surface area contributed by atoms with Crippen LogP contribution in [0.25, 0.3) is 11.1 Å². The molecule has 0 saturated carbocycles. The second-order valence-electron chi connectivity index (χ2n) is 3.51. The molecule has 0 aliphatic heterocycles. The molecular formula is C10H13N5S. The van der Waals surface area contributed by atoms with Crippen LogP contribution in [0.3, 0.4) is 0 Å². The Hall–Kier alpha value is -1.66. The van der Waals surface area contributed by atoms with Crippen molar-refractivity contribution >= 4 is 22.4 Å². The highest BCUT2D eigenvalue weighted by molar-refractivity contribution is 7.11. The van der Waals surface area contributed by atoms with Gasteiger partial charge >= 0.3 is 0 Å². The van der Waals surface area contributed by atoms with Gasteiger partial charge in [0.1, 0.15) is 10.8 Å². The zero-order valence-electron chi connectivity index (χ0n) is 9.14. The second kappa shape index (κ2) is 4.46. The minimum atomic E-state index is 0.542. The van der Waals surface area contributed by atoms with E-state index in [0.717, 1.165) is 16.1 Å². The first-order chi connectivity index (χ1) is 7.68. The molecule has 0 bridgehead atoms. The Labute approximate surface area is 98.1 Å². The van der Waals surface area contributed by atoms with Crippen LogP contribution in [0, 0.1) is 0 Å². The first-order valence-electron chi connectivity index (χ1n) is 4.78. The van der Waals surface area contributed by atoms with Crippen LogP contribution in [0.4, 0.5) is 10.8 Å². The number of aromatic nitrogens is 2. The Morgan fingerprint density at radius 3 is 2.62 bits per heavy atom. The van der Waals surface area contributed by atoms with Crippen LogP contribution in [0.15, 0.2) is 24.5 Å². The molecule has 0 aromatic carbocycles. The molecule has 6 heteroatoms. The Bertz CT molecular complexity index is 465. The lowest BCUT2D eigenvalue weighted by atomic mass is 10.1. The molecule has 0 saturated heterocycles. The molecule has 84 valence electrons. The van der Waals surface area contributed by atoms with E-state index in [1.165, 1.54) is 11.5 Å². The van der Waals surface area contributed by atoms with Crippen LogP contribution in [-0.2, 0) is 0 Å². The van der Waals surface area contributed by atoms with Crippen molar-refractivity contribution in [1.29, 1.82) is 0 Å². The lowest BCUT2D eigenvalue weighted by Crippen LogP contribution is -2.19. The Balaban J connectivity index is 2.43. The van der Waals surface area contributed by atoms with Gasteiger partial charge in [-0.1, -0.05) is 0 Å². The molecule has 0 fully saturated rings. The topological polar surface area (TPSA) is 67.1 Å². The van der Waals surface area contributed by atoms with E-state index >= 15 is 0 Å². The highest BCUT2D eigenvalue weighted by atomic mass is 32.1. The SMILES string of the molecule is CN(C)Nc1snc(N)c1-c1ccncc1. The van der Waals surface area contributed by atoms with E-state index in [4.69, 9.17) is 5.73 Å². The molecular weight excluding hydrogens is 222 g/mol. The van der Waals surface area contributed by atoms with E-state index in [-0.39, 0.29) is 0 Å². The molecule has 0 aliphatic rings. The van der Waals surface area contributed by atoms with Gasteiger partial charge in [0.05, 0.1) is 5.56 Å². The zero-order chi connectivity index (χ0) is 11.5. The largest absolute Gasteiger partial charge is 0.382 e. The average Bonchev–Trinajstić information content (AvgIpc) is 2.60. The third-order valence-corrected chi connectivity index (χ3v) is 2.78. The maximum atomic E-state index is 5.87. The highest BCUT2D eigenvalue weighted by Crippen LogP contribution is 2.36. The van der Waals surface area contributed by atoms with Crippen molar-refractivity contribution < 1.29 is 0 Å². The second-order valence-corrected chi connectivity index (χ2v) is 4.29. The number of nitrogens with two attached hydrogens (primary N) is 1. The summed E-state index contributed by atoms with van der Waals surface area (Å²) in [6, 6.07) is 3.84. The lowest BCUT2D eigenvalue weighted by Gasteiger charge is -2.12. The molecule has 0 atom stereocenters. The third kappa shape index (κ3) is 2.12. The van der Waals surface area contributed by atoms with Gasteiger partial charge in [0.2, 0.25) is 0 Å². The molecule has 2 rings (SSSR count). The van der Waals surface area contributed by atoms with Crippen LogP contribution < -0.4 is 11.2 Å². The molecule has 0 radical (unpaired) electrons. The number of rotatable bonds is 3. The van der Waals surface area contributed by atoms with E-state index in [9.17, 15) is 0 Å². The molecule has 2 aromatic rings. The number of nitrogens with one attached hydrogen (secondary N) is 1. The van der Waals surface area contributed by atoms with Crippen LogP contribution in [-0.4, -0.2) is 28.5 Å². The van der Waals surface area contributed by atoms with Gasteiger partial charge in [0.15, 0.2) is 0 Å². The van der Waals surface area contributed by atoms with Gasteiger partial charge in [-0.05, 0) is 29.2 Å². The third-order valence-electron chi connectivity index (χ3n) is 2.01. The standard InChI is InChI=1S/C10H13N5S/c1-15(2)13-10-8(9(11)14-16-10)7-3-5-12-6-4-7/h3-6,13H,1-2H3,(H2,11,14). The quantitative estimate of drug-likeness (QED) is 0.792. The van der Waals surface area contributed by atoms with Crippen LogP contribution in [0.1, 0.15) is 0 Å². The van der Waals surface area contributed by atoms with Gasteiger partial charge in [-0.2, -0.15) is 4.37 Å². The predicted molar refractivity (Wildman–Crippen MR) is 67.1 cm³/mol. The summed E-state index contributed by atoms with van der Waals surface area (Å²) in [5.74, 6) is 0.542. The number of hydrogen-bond donors (Lipinski definition) is 2. The summed E-state index contributed by atoms with van der Waals surface area (Å²) in [5, 5.41) is 2.80. The summed E-state index contributed by atoms with van der Waals surface area (Å²) in [6.07, 6.45) is 3.48. The fraction of sp³-hybridized carbons (Fsp3) is 0.200. The fourth-order valence-electron chi connectivity index (χ4n) is 1.38. The summed E-state index contributed by atoms with van der Waals surface area (Å²) in [6.45, 7) is 0. The van der Waals surface area contributed by atoms with Crippen LogP contribution in [0.5, 0.6) is 0 Å². The Morgan fingerprint density at radius 1 is 1.31 bits per heavy atom. The number of nitrogen functional groups attached to an aromatic ring is 1. The van der Waals surface area contributed by atoms with Crippen molar-refractivity contribution in [3.8, 4) is 11.1 Å². The summed E-state index contributed by atoms with van der Waals surface area (Å²) < 4.78 is 4.16. The molecule has 3 N–H and O–H groups in total. The summed E-state index contributed by atoms with van der Waals surface area (Å²) >= 11 is 1.35. The molecule has 0 amide bonds. The van der Waals surface area contributed by atoms with E-state index < -0.39 is 0 Å². The predicted octanol–water partition coefficient (Wildman–Crippen LogP) is 1.68. The minimum absolute atomic E-state index is 0.542. The smallest absolute Gasteiger partial charge is 0.147 e. The number of pyridine rings is 1. The van der Waals surface area contributed by atoms with Gasteiger partial charge in [-0.3, -0.25) is 4.98 Å². The Kier molecular flexibility index (Phi) is 3.02. The van der Waals surface area contributed by atoms with E-state index in [1.54, 1.807) is 12.4 Å². The first-order valence-corrected chi connectivity index (χ1v) is 5.55. The first kappa shape index (κ1) is 10.8. The van der Waals surface area contributed by atoms with Crippen molar-refractivity contribution in [3.05, 3.63) is 24.5 Å². The average molecular weight is 235 g/mol. The molecule has 0 aliphatic carbocycles. The number of anilines is 2. The van der Waals surface area contributed by atoms with Gasteiger partial charge in [0.25, 0.3) is 0 Å². The van der Waals surface area contributed by atoms with Gasteiger partial charge in [0, 0.05) is 26.5 Å². The van der Waals surface area contributed by atoms with Crippen molar-refractivity contribution in [1.82, 2.24) is 14.4 Å². The van der Waals surface area contributed by atoms with E-state index in [1.807, 2.05) is 31.2 Å². The zero-order valence-corrected chi connectivity index (χ0v) is 9.95. The maximum absolute atomic E-state index is 5.87. The number of hydrazine groups is 1. The summed E-state index contributed by atoms with van der Waals surface area (Å²) in [7, 11) is 3.85. The normalized spacial score (nSPS) is 10.7. The van der Waals surface area contributed by atoms with Crippen LogP contribution in [0.2, 0.25) is 0 Å². The van der Waals surface area contributed by atoms with E-state index in [2.05, 4.69) is 14.8 Å². The Morgan fingerprint density at radius 2 is 2.00 bits per heavy atom. The van der Waals surface area contributed by atoms with Crippen molar-refractivity contribution in [2.75, 3.05) is 25.3 Å². The van der Waals surface area contributed by atoms with Gasteiger partial charge < -0.3 is 11.2 Å². The van der Waals surface area contributed by atoms with E-state index in [0.29, 0.717) is 5.82 Å². The minimum Gasteiger partial charge on any atom is -0.382 e.